The Bertz CT molecular complexity index is 1190. The van der Waals surface area contributed by atoms with Gasteiger partial charge in [0, 0.05) is 17.7 Å². The molecule has 0 saturated carbocycles. The summed E-state index contributed by atoms with van der Waals surface area (Å²) in [5.74, 6) is 0.964. The zero-order valence-corrected chi connectivity index (χ0v) is 18.7. The summed E-state index contributed by atoms with van der Waals surface area (Å²) in [4.78, 5) is 13.6. The molecule has 1 heterocycles. The van der Waals surface area contributed by atoms with Crippen LogP contribution in [-0.2, 0) is 4.79 Å². The van der Waals surface area contributed by atoms with Crippen LogP contribution in [0.4, 0.5) is 11.4 Å². The van der Waals surface area contributed by atoms with E-state index in [1.807, 2.05) is 67.6 Å². The Morgan fingerprint density at radius 1 is 0.938 bits per heavy atom. The van der Waals surface area contributed by atoms with Crippen molar-refractivity contribution < 1.29 is 9.53 Å². The van der Waals surface area contributed by atoms with E-state index in [2.05, 4.69) is 22.8 Å². The Labute approximate surface area is 193 Å². The molecule has 2 aliphatic rings. The Hall–Kier alpha value is -3.24. The highest BCUT2D eigenvalue weighted by atomic mass is 35.5. The zero-order chi connectivity index (χ0) is 22.1. The fourth-order valence-electron chi connectivity index (χ4n) is 4.67. The lowest BCUT2D eigenvalue weighted by molar-refractivity contribution is -0.116. The standard InChI is InChI=1S/C27H25ClN2O2/c1-2-32-25-13-12-18(14-20(25)28)27-26-23(29-21-10-6-7-11-22(21)30-27)15-19(16-24(26)31)17-8-4-3-5-9-17/h3-14,19,27,29-30H,2,15-16H2,1H3. The van der Waals surface area contributed by atoms with E-state index in [0.29, 0.717) is 23.8 Å². The zero-order valence-electron chi connectivity index (χ0n) is 17.9. The fraction of sp³-hybridized carbons (Fsp3) is 0.222. The molecule has 0 fully saturated rings. The smallest absolute Gasteiger partial charge is 0.163 e. The summed E-state index contributed by atoms with van der Waals surface area (Å²) < 4.78 is 5.61. The third-order valence-corrected chi connectivity index (χ3v) is 6.46. The van der Waals surface area contributed by atoms with Crippen LogP contribution in [0, 0.1) is 0 Å². The minimum absolute atomic E-state index is 0.155. The summed E-state index contributed by atoms with van der Waals surface area (Å²) >= 11 is 6.51. The molecule has 5 rings (SSSR count). The number of anilines is 2. The molecule has 2 unspecified atom stereocenters. The van der Waals surface area contributed by atoms with Crippen molar-refractivity contribution in [3.63, 3.8) is 0 Å². The normalized spacial score (nSPS) is 19.9. The molecule has 0 aromatic heterocycles. The molecule has 4 nitrogen and oxygen atoms in total. The molecule has 32 heavy (non-hydrogen) atoms. The minimum Gasteiger partial charge on any atom is -0.492 e. The summed E-state index contributed by atoms with van der Waals surface area (Å²) in [6, 6.07) is 23.8. The molecule has 0 spiro atoms. The molecule has 1 aliphatic carbocycles. The van der Waals surface area contributed by atoms with Crippen LogP contribution >= 0.6 is 11.6 Å². The first kappa shape index (κ1) is 20.7. The summed E-state index contributed by atoms with van der Waals surface area (Å²) in [5, 5.41) is 7.72. The third-order valence-electron chi connectivity index (χ3n) is 6.17. The number of ether oxygens (including phenoxy) is 1. The first-order chi connectivity index (χ1) is 15.6. The molecule has 0 saturated heterocycles. The number of hydrogen-bond donors (Lipinski definition) is 2. The van der Waals surface area contributed by atoms with Crippen molar-refractivity contribution in [1.82, 2.24) is 0 Å². The number of halogens is 1. The van der Waals surface area contributed by atoms with E-state index in [9.17, 15) is 4.79 Å². The number of carbonyl (C=O) groups excluding carboxylic acids is 1. The SMILES string of the molecule is CCOc1ccc(C2Nc3ccccc3NC3=C2C(=O)CC(c2ccccc2)C3)cc1Cl. The number of ketones is 1. The molecule has 3 aromatic rings. The van der Waals surface area contributed by atoms with Gasteiger partial charge in [-0.25, -0.2) is 0 Å². The molecule has 2 N–H and O–H groups in total. The number of para-hydroxylation sites is 2. The Morgan fingerprint density at radius 3 is 2.44 bits per heavy atom. The molecule has 162 valence electrons. The highest BCUT2D eigenvalue weighted by Gasteiger charge is 2.36. The van der Waals surface area contributed by atoms with Gasteiger partial charge in [0.25, 0.3) is 0 Å². The Kier molecular flexibility index (Phi) is 5.62. The second kappa shape index (κ2) is 8.71. The monoisotopic (exact) mass is 444 g/mol. The van der Waals surface area contributed by atoms with Crippen molar-refractivity contribution in [2.45, 2.75) is 31.7 Å². The lowest BCUT2D eigenvalue weighted by Gasteiger charge is -2.30. The van der Waals surface area contributed by atoms with Crippen LogP contribution < -0.4 is 15.4 Å². The molecule has 3 aromatic carbocycles. The number of hydrogen-bond acceptors (Lipinski definition) is 4. The van der Waals surface area contributed by atoms with Gasteiger partial charge in [-0.15, -0.1) is 0 Å². The maximum Gasteiger partial charge on any atom is 0.163 e. The average Bonchev–Trinajstić information content (AvgIpc) is 2.98. The first-order valence-electron chi connectivity index (χ1n) is 11.0. The van der Waals surface area contributed by atoms with Crippen LogP contribution in [0.5, 0.6) is 5.75 Å². The van der Waals surface area contributed by atoms with Crippen LogP contribution in [0.2, 0.25) is 5.02 Å². The largest absolute Gasteiger partial charge is 0.492 e. The maximum absolute atomic E-state index is 13.6. The van der Waals surface area contributed by atoms with Crippen LogP contribution in [-0.4, -0.2) is 12.4 Å². The summed E-state index contributed by atoms with van der Waals surface area (Å²) in [5.41, 5.74) is 5.83. The fourth-order valence-corrected chi connectivity index (χ4v) is 4.92. The van der Waals surface area contributed by atoms with Crippen LogP contribution in [0.3, 0.4) is 0 Å². The molecule has 0 amide bonds. The molecular formula is C27H25ClN2O2. The number of Topliss-reactive ketones (excluding diaryl/α,β-unsaturated/α-hetero) is 1. The van der Waals surface area contributed by atoms with E-state index in [0.717, 1.165) is 34.6 Å². The van der Waals surface area contributed by atoms with Gasteiger partial charge in [0.15, 0.2) is 5.78 Å². The van der Waals surface area contributed by atoms with E-state index in [1.165, 1.54) is 5.56 Å². The van der Waals surface area contributed by atoms with Gasteiger partial charge in [0.1, 0.15) is 5.75 Å². The summed E-state index contributed by atoms with van der Waals surface area (Å²) in [6.45, 7) is 2.48. The van der Waals surface area contributed by atoms with E-state index in [4.69, 9.17) is 16.3 Å². The second-order valence-corrected chi connectivity index (χ2v) is 8.61. The topological polar surface area (TPSA) is 50.4 Å². The quantitative estimate of drug-likeness (QED) is 0.469. The van der Waals surface area contributed by atoms with E-state index < -0.39 is 0 Å². The number of rotatable bonds is 4. The molecule has 0 radical (unpaired) electrons. The van der Waals surface area contributed by atoms with Gasteiger partial charge in [0.2, 0.25) is 0 Å². The van der Waals surface area contributed by atoms with Crippen molar-refractivity contribution in [3.05, 3.63) is 100 Å². The van der Waals surface area contributed by atoms with Crippen molar-refractivity contribution in [3.8, 4) is 5.75 Å². The van der Waals surface area contributed by atoms with Crippen LogP contribution in [0.25, 0.3) is 0 Å². The van der Waals surface area contributed by atoms with Gasteiger partial charge in [-0.2, -0.15) is 0 Å². The van der Waals surface area contributed by atoms with Crippen molar-refractivity contribution in [2.75, 3.05) is 17.2 Å². The summed E-state index contributed by atoms with van der Waals surface area (Å²) in [7, 11) is 0. The summed E-state index contributed by atoms with van der Waals surface area (Å²) in [6.07, 6.45) is 1.27. The minimum atomic E-state index is -0.293. The number of carbonyl (C=O) groups is 1. The highest BCUT2D eigenvalue weighted by Crippen LogP contribution is 2.44. The van der Waals surface area contributed by atoms with Gasteiger partial charge in [-0.3, -0.25) is 4.79 Å². The van der Waals surface area contributed by atoms with Gasteiger partial charge < -0.3 is 15.4 Å². The van der Waals surface area contributed by atoms with Gasteiger partial charge in [0.05, 0.1) is 29.0 Å². The maximum atomic E-state index is 13.6. The Balaban J connectivity index is 1.59. The number of benzene rings is 3. The van der Waals surface area contributed by atoms with Crippen LogP contribution in [0.15, 0.2) is 84.1 Å². The van der Waals surface area contributed by atoms with E-state index >= 15 is 0 Å². The Morgan fingerprint density at radius 2 is 1.69 bits per heavy atom. The van der Waals surface area contributed by atoms with E-state index in [-0.39, 0.29) is 17.7 Å². The molecule has 5 heteroatoms. The molecule has 0 bridgehead atoms. The van der Waals surface area contributed by atoms with Gasteiger partial charge in [-0.05, 0) is 54.7 Å². The first-order valence-corrected chi connectivity index (χ1v) is 11.4. The third kappa shape index (κ3) is 3.87. The highest BCUT2D eigenvalue weighted by molar-refractivity contribution is 6.32. The van der Waals surface area contributed by atoms with Crippen LogP contribution in [0.1, 0.15) is 42.9 Å². The van der Waals surface area contributed by atoms with Gasteiger partial charge in [-0.1, -0.05) is 60.1 Å². The molecule has 2 atom stereocenters. The lowest BCUT2D eigenvalue weighted by atomic mass is 9.78. The van der Waals surface area contributed by atoms with Crippen molar-refractivity contribution in [1.29, 1.82) is 0 Å². The van der Waals surface area contributed by atoms with Crippen molar-refractivity contribution >= 4 is 28.8 Å². The predicted octanol–water partition coefficient (Wildman–Crippen LogP) is 6.72. The number of fused-ring (bicyclic) bond motifs is 1. The predicted molar refractivity (Wildman–Crippen MR) is 129 cm³/mol. The second-order valence-electron chi connectivity index (χ2n) is 8.20. The van der Waals surface area contributed by atoms with Gasteiger partial charge >= 0.3 is 0 Å². The molecular weight excluding hydrogens is 420 g/mol. The lowest BCUT2D eigenvalue weighted by Crippen LogP contribution is -2.26. The van der Waals surface area contributed by atoms with E-state index in [1.54, 1.807) is 0 Å². The number of nitrogens with one attached hydrogen (secondary N) is 2. The average molecular weight is 445 g/mol. The van der Waals surface area contributed by atoms with Crippen molar-refractivity contribution in [2.24, 2.45) is 0 Å². The molecule has 1 aliphatic heterocycles. The number of allylic oxidation sites excluding steroid dienone is 1.